The summed E-state index contributed by atoms with van der Waals surface area (Å²) in [5.74, 6) is 1.57. The minimum absolute atomic E-state index is 0.754. The molecule has 1 aromatic rings. The summed E-state index contributed by atoms with van der Waals surface area (Å²) in [5, 5.41) is 3.59. The van der Waals surface area contributed by atoms with E-state index in [1.165, 1.54) is 18.4 Å². The Hall–Kier alpha value is -1.15. The maximum atomic E-state index is 4.14. The molecule has 0 aliphatic heterocycles. The Bertz CT molecular complexity index is 383. The zero-order chi connectivity index (χ0) is 12.8. The van der Waals surface area contributed by atoms with E-state index in [0.29, 0.717) is 0 Å². The van der Waals surface area contributed by atoms with Gasteiger partial charge in [-0.15, -0.1) is 0 Å². The van der Waals surface area contributed by atoms with E-state index in [2.05, 4.69) is 36.3 Å². The van der Waals surface area contributed by atoms with Crippen LogP contribution in [0.5, 0.6) is 0 Å². The van der Waals surface area contributed by atoms with Crippen LogP contribution in [0, 0.1) is 11.8 Å². The van der Waals surface area contributed by atoms with Gasteiger partial charge in [-0.05, 0) is 62.7 Å². The first-order valence-electron chi connectivity index (χ1n) is 7.01. The molecule has 2 rings (SSSR count). The lowest BCUT2D eigenvalue weighted by Crippen LogP contribution is -2.27. The van der Waals surface area contributed by atoms with E-state index in [0.717, 1.165) is 31.3 Å². The summed E-state index contributed by atoms with van der Waals surface area (Å²) in [6, 6.07) is 4.15. The van der Waals surface area contributed by atoms with E-state index in [4.69, 9.17) is 0 Å². The predicted molar refractivity (Wildman–Crippen MR) is 76.5 cm³/mol. The molecule has 0 amide bonds. The average Bonchev–Trinajstić information content (AvgIpc) is 2.35. The number of rotatable bonds is 5. The topological polar surface area (TPSA) is 24.9 Å². The third-order valence-electron chi connectivity index (χ3n) is 3.63. The minimum Gasteiger partial charge on any atom is -0.316 e. The van der Waals surface area contributed by atoms with E-state index >= 15 is 0 Å². The van der Waals surface area contributed by atoms with Crippen LogP contribution < -0.4 is 5.32 Å². The number of allylic oxidation sites excluding steroid dienone is 2. The van der Waals surface area contributed by atoms with Gasteiger partial charge in [0.25, 0.3) is 0 Å². The Kier molecular flexibility index (Phi) is 4.94. The molecule has 0 spiro atoms. The molecule has 0 bridgehead atoms. The lowest BCUT2D eigenvalue weighted by atomic mass is 9.84. The van der Waals surface area contributed by atoms with Gasteiger partial charge in [-0.2, -0.15) is 0 Å². The molecule has 1 aliphatic carbocycles. The third kappa shape index (κ3) is 4.26. The first-order valence-corrected chi connectivity index (χ1v) is 7.01. The van der Waals surface area contributed by atoms with Crippen molar-refractivity contribution >= 4 is 0 Å². The fraction of sp³-hybridized carbons (Fsp3) is 0.562. The minimum atomic E-state index is 0.754. The Morgan fingerprint density at radius 3 is 3.06 bits per heavy atom. The maximum absolute atomic E-state index is 4.14. The van der Waals surface area contributed by atoms with Crippen LogP contribution >= 0.6 is 0 Å². The molecular weight excluding hydrogens is 220 g/mol. The molecule has 1 aromatic heterocycles. The van der Waals surface area contributed by atoms with E-state index in [-0.39, 0.29) is 0 Å². The van der Waals surface area contributed by atoms with Gasteiger partial charge < -0.3 is 5.32 Å². The second kappa shape index (κ2) is 6.69. The van der Waals surface area contributed by atoms with E-state index in [1.54, 1.807) is 5.57 Å². The van der Waals surface area contributed by atoms with Crippen molar-refractivity contribution in [2.45, 2.75) is 33.1 Å². The zero-order valence-corrected chi connectivity index (χ0v) is 11.5. The summed E-state index contributed by atoms with van der Waals surface area (Å²) >= 11 is 0. The highest BCUT2D eigenvalue weighted by Crippen LogP contribution is 2.27. The number of pyridine rings is 1. The monoisotopic (exact) mass is 244 g/mol. The van der Waals surface area contributed by atoms with Gasteiger partial charge in [0.15, 0.2) is 0 Å². The fourth-order valence-corrected chi connectivity index (χ4v) is 2.93. The molecule has 2 atom stereocenters. The van der Waals surface area contributed by atoms with Crippen LogP contribution in [0.3, 0.4) is 0 Å². The predicted octanol–water partition coefficient (Wildman–Crippen LogP) is 3.21. The molecule has 0 aromatic carbocycles. The maximum Gasteiger partial charge on any atom is 0.0300 e. The molecule has 2 nitrogen and oxygen atoms in total. The Morgan fingerprint density at radius 1 is 1.44 bits per heavy atom. The summed E-state index contributed by atoms with van der Waals surface area (Å²) in [7, 11) is 0. The fourth-order valence-electron chi connectivity index (χ4n) is 2.93. The van der Waals surface area contributed by atoms with E-state index in [9.17, 15) is 0 Å². The van der Waals surface area contributed by atoms with Crippen LogP contribution in [0.4, 0.5) is 0 Å². The molecule has 0 saturated heterocycles. The van der Waals surface area contributed by atoms with Crippen LogP contribution in [-0.4, -0.2) is 18.1 Å². The van der Waals surface area contributed by atoms with Crippen molar-refractivity contribution in [2.75, 3.05) is 13.1 Å². The summed E-state index contributed by atoms with van der Waals surface area (Å²) < 4.78 is 0. The first kappa shape index (κ1) is 13.3. The zero-order valence-electron chi connectivity index (χ0n) is 11.5. The summed E-state index contributed by atoms with van der Waals surface area (Å²) in [6.45, 7) is 6.79. The molecule has 1 N–H and O–H groups in total. The molecule has 98 valence electrons. The molecule has 2 heteroatoms. The molecule has 0 radical (unpaired) electrons. The Balaban J connectivity index is 1.66. The molecule has 0 saturated carbocycles. The van der Waals surface area contributed by atoms with Gasteiger partial charge >= 0.3 is 0 Å². The van der Waals surface area contributed by atoms with Crippen molar-refractivity contribution in [1.29, 1.82) is 0 Å². The van der Waals surface area contributed by atoms with Crippen molar-refractivity contribution in [3.63, 3.8) is 0 Å². The quantitative estimate of drug-likeness (QED) is 0.635. The standard InChI is InChI=1S/C16H24N2/c1-13-8-14(2)10-16(9-13)12-18-7-5-15-4-3-6-17-11-15/h3-4,6,8,11,13,16,18H,5,7,9-10,12H2,1-2H3. The molecule has 0 fully saturated rings. The van der Waals surface area contributed by atoms with Gasteiger partial charge in [0, 0.05) is 12.4 Å². The van der Waals surface area contributed by atoms with Crippen LogP contribution in [0.25, 0.3) is 0 Å². The van der Waals surface area contributed by atoms with Crippen LogP contribution in [0.15, 0.2) is 36.2 Å². The smallest absolute Gasteiger partial charge is 0.0300 e. The first-order chi connectivity index (χ1) is 8.74. The molecule has 1 aliphatic rings. The van der Waals surface area contributed by atoms with E-state index in [1.807, 2.05) is 18.5 Å². The van der Waals surface area contributed by atoms with Crippen LogP contribution in [0.1, 0.15) is 32.3 Å². The number of hydrogen-bond donors (Lipinski definition) is 1. The van der Waals surface area contributed by atoms with Crippen molar-refractivity contribution in [3.8, 4) is 0 Å². The Labute approximate surface area is 111 Å². The van der Waals surface area contributed by atoms with Crippen molar-refractivity contribution in [1.82, 2.24) is 10.3 Å². The van der Waals surface area contributed by atoms with Gasteiger partial charge in [0.2, 0.25) is 0 Å². The van der Waals surface area contributed by atoms with Gasteiger partial charge in [-0.3, -0.25) is 4.98 Å². The number of aromatic nitrogens is 1. The second-order valence-corrected chi connectivity index (χ2v) is 5.61. The number of nitrogens with one attached hydrogen (secondary N) is 1. The largest absolute Gasteiger partial charge is 0.316 e. The SMILES string of the molecule is CC1=CC(C)CC(CNCCc2cccnc2)C1. The third-order valence-corrected chi connectivity index (χ3v) is 3.63. The van der Waals surface area contributed by atoms with Crippen LogP contribution in [-0.2, 0) is 6.42 Å². The second-order valence-electron chi connectivity index (χ2n) is 5.61. The van der Waals surface area contributed by atoms with Crippen molar-refractivity contribution in [3.05, 3.63) is 41.7 Å². The molecular formula is C16H24N2. The normalized spacial score (nSPS) is 23.8. The highest BCUT2D eigenvalue weighted by atomic mass is 14.9. The van der Waals surface area contributed by atoms with Gasteiger partial charge in [-0.25, -0.2) is 0 Å². The lowest BCUT2D eigenvalue weighted by Gasteiger charge is -2.25. The van der Waals surface area contributed by atoms with Gasteiger partial charge in [-0.1, -0.05) is 24.6 Å². The highest BCUT2D eigenvalue weighted by molar-refractivity contribution is 5.09. The average molecular weight is 244 g/mol. The highest BCUT2D eigenvalue weighted by Gasteiger charge is 2.17. The van der Waals surface area contributed by atoms with Gasteiger partial charge in [0.05, 0.1) is 0 Å². The van der Waals surface area contributed by atoms with Crippen LogP contribution in [0.2, 0.25) is 0 Å². The number of hydrogen-bond acceptors (Lipinski definition) is 2. The number of nitrogens with zero attached hydrogens (tertiary/aromatic N) is 1. The van der Waals surface area contributed by atoms with Crippen molar-refractivity contribution < 1.29 is 0 Å². The summed E-state index contributed by atoms with van der Waals surface area (Å²) in [4.78, 5) is 4.14. The molecule has 18 heavy (non-hydrogen) atoms. The summed E-state index contributed by atoms with van der Waals surface area (Å²) in [5.41, 5.74) is 2.88. The molecule has 2 unspecified atom stereocenters. The summed E-state index contributed by atoms with van der Waals surface area (Å²) in [6.07, 6.45) is 9.88. The Morgan fingerprint density at radius 2 is 2.33 bits per heavy atom. The van der Waals surface area contributed by atoms with Crippen molar-refractivity contribution in [2.24, 2.45) is 11.8 Å². The van der Waals surface area contributed by atoms with E-state index < -0.39 is 0 Å². The van der Waals surface area contributed by atoms with Gasteiger partial charge in [0.1, 0.15) is 0 Å². The molecule has 1 heterocycles. The lowest BCUT2D eigenvalue weighted by molar-refractivity contribution is 0.383.